The average molecular weight is 579 g/mol. The normalized spacial score (nSPS) is 29.2. The van der Waals surface area contributed by atoms with Gasteiger partial charge in [0.1, 0.15) is 6.10 Å². The predicted molar refractivity (Wildman–Crippen MR) is 158 cm³/mol. The maximum absolute atomic E-state index is 13.8. The molecule has 0 bridgehead atoms. The van der Waals surface area contributed by atoms with Crippen molar-refractivity contribution in [2.75, 3.05) is 24.3 Å². The Kier molecular flexibility index (Phi) is 8.15. The van der Waals surface area contributed by atoms with E-state index in [9.17, 15) is 4.57 Å². The summed E-state index contributed by atoms with van der Waals surface area (Å²) >= 11 is 3.29. The molecular weight excluding hydrogens is 539 g/mol. The van der Waals surface area contributed by atoms with Gasteiger partial charge in [0.15, 0.2) is 17.6 Å². The Morgan fingerprint density at radius 1 is 0.973 bits per heavy atom. The van der Waals surface area contributed by atoms with Gasteiger partial charge in [-0.15, -0.1) is 0 Å². The van der Waals surface area contributed by atoms with Crippen molar-refractivity contribution in [3.8, 4) is 0 Å². The predicted octanol–water partition coefficient (Wildman–Crippen LogP) is 6.12. The summed E-state index contributed by atoms with van der Waals surface area (Å²) < 4.78 is 40.0. The van der Waals surface area contributed by atoms with E-state index in [1.54, 1.807) is 22.8 Å². The summed E-state index contributed by atoms with van der Waals surface area (Å²) in [6.07, 6.45) is 0.745. The second-order valence-corrected chi connectivity index (χ2v) is 24.6. The fourth-order valence-electron chi connectivity index (χ4n) is 5.86. The molecule has 3 aliphatic heterocycles. The summed E-state index contributed by atoms with van der Waals surface area (Å²) in [6.45, 7) is 11.1. The van der Waals surface area contributed by atoms with E-state index in [0.29, 0.717) is 12.8 Å². The van der Waals surface area contributed by atoms with Crippen LogP contribution in [-0.2, 0) is 23.2 Å². The molecule has 0 saturated carbocycles. The van der Waals surface area contributed by atoms with Crippen LogP contribution in [0.1, 0.15) is 41.0 Å². The van der Waals surface area contributed by atoms with Crippen LogP contribution in [0.5, 0.6) is 0 Å². The van der Waals surface area contributed by atoms with Gasteiger partial charge in [0, 0.05) is 23.6 Å². The van der Waals surface area contributed by atoms with Gasteiger partial charge in [-0.1, -0.05) is 104 Å². The minimum Gasteiger partial charge on any atom is -0.405 e. The molecule has 0 N–H and O–H groups in total. The van der Waals surface area contributed by atoms with Crippen LogP contribution in [0, 0.1) is 5.92 Å². The number of fused-ring (bicyclic) bond motifs is 1. The van der Waals surface area contributed by atoms with E-state index in [1.807, 2.05) is 13.8 Å². The summed E-state index contributed by atoms with van der Waals surface area (Å²) in [4.78, 5) is 0. The third kappa shape index (κ3) is 5.69. The summed E-state index contributed by atoms with van der Waals surface area (Å²) in [5, 5.41) is 2.35. The number of ether oxygens (including phenoxy) is 3. The van der Waals surface area contributed by atoms with Gasteiger partial charge in [-0.25, -0.2) is 0 Å². The Bertz CT molecular complexity index is 1060. The van der Waals surface area contributed by atoms with Crippen LogP contribution < -0.4 is 10.4 Å². The molecule has 9 heteroatoms. The SMILES string of the molecule is CC1(C)O[C@H]2O[C@H](CO[Si](c3ccccc3)(c3ccccc3)C(C)(C)C)[C@@H](CP3(=O)SCCCS3)[C@H]2O1. The summed E-state index contributed by atoms with van der Waals surface area (Å²) in [7, 11) is -2.72. The fourth-order valence-corrected chi connectivity index (χ4v) is 19.3. The quantitative estimate of drug-likeness (QED) is 0.290. The zero-order valence-electron chi connectivity index (χ0n) is 22.4. The van der Waals surface area contributed by atoms with Crippen molar-refractivity contribution in [1.82, 2.24) is 0 Å². The van der Waals surface area contributed by atoms with Gasteiger partial charge in [-0.2, -0.15) is 0 Å². The molecule has 3 fully saturated rings. The van der Waals surface area contributed by atoms with Crippen LogP contribution in [0.3, 0.4) is 0 Å². The van der Waals surface area contributed by atoms with Crippen molar-refractivity contribution in [2.45, 2.75) is 70.4 Å². The zero-order valence-corrected chi connectivity index (χ0v) is 26.0. The van der Waals surface area contributed by atoms with Crippen LogP contribution in [0.4, 0.5) is 0 Å². The van der Waals surface area contributed by atoms with E-state index in [0.717, 1.165) is 17.9 Å². The Morgan fingerprint density at radius 3 is 2.08 bits per heavy atom. The molecule has 5 rings (SSSR count). The Labute approximate surface area is 230 Å². The molecule has 0 amide bonds. The van der Waals surface area contributed by atoms with Gasteiger partial charge in [0.05, 0.1) is 12.7 Å². The van der Waals surface area contributed by atoms with E-state index in [4.69, 9.17) is 18.6 Å². The van der Waals surface area contributed by atoms with Gasteiger partial charge in [0.25, 0.3) is 8.32 Å². The van der Waals surface area contributed by atoms with Gasteiger partial charge in [0.2, 0.25) is 0 Å². The van der Waals surface area contributed by atoms with Gasteiger partial charge in [-0.05, 0) is 35.7 Å². The first-order valence-electron chi connectivity index (χ1n) is 13.2. The Morgan fingerprint density at radius 2 is 1.54 bits per heavy atom. The monoisotopic (exact) mass is 578 g/mol. The molecule has 3 heterocycles. The highest BCUT2D eigenvalue weighted by atomic mass is 33.1. The Hall–Kier alpha value is -0.573. The third-order valence-electron chi connectivity index (χ3n) is 7.48. The standard InChI is InChI=1S/C28H39O5PS2Si/c1-27(2,3)37(21-13-8-6-9-14-21,22-15-10-7-11-16-22)30-19-24-23(20-34(29)35-17-12-18-36-34)25-26(31-24)33-28(4,5)32-25/h6-11,13-16,23-26H,12,17-20H2,1-5H3/t23-,24-,25-,26-/m1/s1. The van der Waals surface area contributed by atoms with Crippen LogP contribution in [0.15, 0.2) is 60.7 Å². The smallest absolute Gasteiger partial charge is 0.261 e. The van der Waals surface area contributed by atoms with Crippen molar-refractivity contribution >= 4 is 47.0 Å². The maximum Gasteiger partial charge on any atom is 0.261 e. The Balaban J connectivity index is 1.48. The minimum atomic E-state index is -2.72. The van der Waals surface area contributed by atoms with Crippen molar-refractivity contribution in [3.63, 3.8) is 0 Å². The first-order valence-corrected chi connectivity index (χ1v) is 20.2. The second kappa shape index (κ2) is 10.8. The maximum atomic E-state index is 13.8. The molecule has 202 valence electrons. The van der Waals surface area contributed by atoms with Crippen LogP contribution in [-0.4, -0.2) is 56.9 Å². The molecular formula is C28H39O5PS2Si. The molecule has 4 atom stereocenters. The topological polar surface area (TPSA) is 54.0 Å². The number of hydrogen-bond donors (Lipinski definition) is 0. The highest BCUT2D eigenvalue weighted by molar-refractivity contribution is 8.90. The lowest BCUT2D eigenvalue weighted by molar-refractivity contribution is -0.211. The van der Waals surface area contributed by atoms with E-state index in [2.05, 4.69) is 81.4 Å². The molecule has 3 aliphatic rings. The van der Waals surface area contributed by atoms with Crippen LogP contribution in [0.2, 0.25) is 5.04 Å². The second-order valence-electron chi connectivity index (χ2n) is 11.6. The molecule has 0 unspecified atom stereocenters. The lowest BCUT2D eigenvalue weighted by atomic mass is 10.0. The molecule has 0 aliphatic carbocycles. The van der Waals surface area contributed by atoms with Crippen LogP contribution in [0.25, 0.3) is 0 Å². The van der Waals surface area contributed by atoms with E-state index in [1.165, 1.54) is 10.4 Å². The van der Waals surface area contributed by atoms with Gasteiger partial charge >= 0.3 is 0 Å². The molecule has 5 nitrogen and oxygen atoms in total. The van der Waals surface area contributed by atoms with Crippen molar-refractivity contribution in [3.05, 3.63) is 60.7 Å². The fraction of sp³-hybridized carbons (Fsp3) is 0.571. The number of rotatable bonds is 7. The van der Waals surface area contributed by atoms with Gasteiger partial charge < -0.3 is 23.2 Å². The van der Waals surface area contributed by atoms with Crippen molar-refractivity contribution in [2.24, 2.45) is 5.92 Å². The van der Waals surface area contributed by atoms with Crippen molar-refractivity contribution in [1.29, 1.82) is 0 Å². The first-order chi connectivity index (χ1) is 17.5. The largest absolute Gasteiger partial charge is 0.405 e. The molecule has 2 aromatic carbocycles. The highest BCUT2D eigenvalue weighted by Gasteiger charge is 2.57. The summed E-state index contributed by atoms with van der Waals surface area (Å²) in [5.74, 6) is 1.16. The molecule has 37 heavy (non-hydrogen) atoms. The number of benzene rings is 2. The molecule has 2 aromatic rings. The van der Waals surface area contributed by atoms with E-state index in [-0.39, 0.29) is 23.2 Å². The molecule has 3 saturated heterocycles. The van der Waals surface area contributed by atoms with Crippen molar-refractivity contribution < 1.29 is 23.2 Å². The number of hydrogen-bond acceptors (Lipinski definition) is 7. The lowest BCUT2D eigenvalue weighted by Crippen LogP contribution is -2.67. The minimum absolute atomic E-state index is 0.0473. The third-order valence-corrected chi connectivity index (χ3v) is 21.3. The zero-order chi connectivity index (χ0) is 26.3. The molecule has 0 aromatic heterocycles. The summed E-state index contributed by atoms with van der Waals surface area (Å²) in [5.41, 5.74) is -2.43. The van der Waals surface area contributed by atoms with E-state index < -0.39 is 25.9 Å². The summed E-state index contributed by atoms with van der Waals surface area (Å²) in [6, 6.07) is 21.3. The van der Waals surface area contributed by atoms with Gasteiger partial charge in [-0.3, -0.25) is 0 Å². The molecule has 0 spiro atoms. The van der Waals surface area contributed by atoms with Crippen LogP contribution >= 0.6 is 28.3 Å². The average Bonchev–Trinajstić information content (AvgIpc) is 3.32. The van der Waals surface area contributed by atoms with E-state index >= 15 is 0 Å². The first kappa shape index (κ1) is 28.0. The lowest BCUT2D eigenvalue weighted by Gasteiger charge is -2.44. The molecule has 0 radical (unpaired) electrons. The highest BCUT2D eigenvalue weighted by Crippen LogP contribution is 2.73.